The summed E-state index contributed by atoms with van der Waals surface area (Å²) in [5, 5.41) is 0. The highest BCUT2D eigenvalue weighted by molar-refractivity contribution is 5.70. The van der Waals surface area contributed by atoms with Gasteiger partial charge in [-0.05, 0) is 135 Å². The van der Waals surface area contributed by atoms with Crippen molar-refractivity contribution in [1.29, 1.82) is 0 Å². The van der Waals surface area contributed by atoms with Gasteiger partial charge in [-0.25, -0.2) is 4.79 Å². The number of unbranched alkanes of at least 4 members (excludes halogenated alkanes) is 24. The first kappa shape index (κ1) is 73.1. The Morgan fingerprint density at radius 3 is 0.922 bits per heavy atom. The molecule has 0 saturated heterocycles. The van der Waals surface area contributed by atoms with E-state index < -0.39 is 29.5 Å². The Labute approximate surface area is 473 Å². The van der Waals surface area contributed by atoms with E-state index in [4.69, 9.17) is 23.7 Å². The van der Waals surface area contributed by atoms with Crippen LogP contribution in [-0.2, 0) is 38.1 Å². The predicted octanol–water partition coefficient (Wildman–Crippen LogP) is 18.9. The van der Waals surface area contributed by atoms with Crippen LogP contribution in [0.3, 0.4) is 0 Å². The predicted molar refractivity (Wildman–Crippen MR) is 323 cm³/mol. The monoisotopic (exact) mass is 1080 g/mol. The molecule has 0 N–H and O–H groups in total. The van der Waals surface area contributed by atoms with Crippen LogP contribution in [0.2, 0.25) is 0 Å². The van der Waals surface area contributed by atoms with E-state index in [9.17, 15) is 19.2 Å². The van der Waals surface area contributed by atoms with E-state index >= 15 is 0 Å². The van der Waals surface area contributed by atoms with Crippen LogP contribution >= 0.6 is 0 Å². The molecule has 0 bridgehead atoms. The molecule has 0 heterocycles. The number of ether oxygens (including phenoxy) is 5. The van der Waals surface area contributed by atoms with Gasteiger partial charge in [-0.1, -0.05) is 204 Å². The third kappa shape index (κ3) is 52.5. The fraction of sp³-hybridized carbons (Fsp3) is 0.761. The van der Waals surface area contributed by atoms with E-state index in [2.05, 4.69) is 112 Å². The van der Waals surface area contributed by atoms with Crippen LogP contribution in [-0.4, -0.2) is 81.6 Å². The third-order valence-electron chi connectivity index (χ3n) is 13.8. The van der Waals surface area contributed by atoms with Crippen molar-refractivity contribution in [2.24, 2.45) is 5.41 Å². The van der Waals surface area contributed by atoms with Gasteiger partial charge in [0, 0.05) is 25.8 Å². The number of carbonyl (C=O) groups is 4. The Hall–Kier alpha value is -3.92. The molecule has 77 heavy (non-hydrogen) atoms. The summed E-state index contributed by atoms with van der Waals surface area (Å²) in [6.45, 7) is 12.6. The highest BCUT2D eigenvalue weighted by Gasteiger charge is 2.38. The summed E-state index contributed by atoms with van der Waals surface area (Å²) in [7, 11) is 0. The molecule has 10 heteroatoms. The molecular weight excluding hydrogens is 963 g/mol. The molecule has 0 atom stereocenters. The van der Waals surface area contributed by atoms with E-state index in [0.29, 0.717) is 25.7 Å². The maximum atomic E-state index is 13.3. The quantitative estimate of drug-likeness (QED) is 0.0252. The summed E-state index contributed by atoms with van der Waals surface area (Å²) in [5.74, 6) is -1.19. The van der Waals surface area contributed by atoms with E-state index in [1.807, 2.05) is 0 Å². The van der Waals surface area contributed by atoms with Gasteiger partial charge in [0.1, 0.15) is 31.8 Å². The first-order valence-electron chi connectivity index (χ1n) is 31.6. The Bertz CT molecular complexity index is 1390. The molecule has 0 spiro atoms. The van der Waals surface area contributed by atoms with Crippen molar-refractivity contribution in [2.75, 3.05) is 52.7 Å². The Balaban J connectivity index is 5.49. The minimum atomic E-state index is -1.32. The molecule has 0 aliphatic carbocycles. The van der Waals surface area contributed by atoms with Gasteiger partial charge in [0.05, 0.1) is 6.61 Å². The van der Waals surface area contributed by atoms with Gasteiger partial charge in [0.2, 0.25) is 0 Å². The van der Waals surface area contributed by atoms with Crippen molar-refractivity contribution in [3.05, 3.63) is 72.9 Å². The summed E-state index contributed by atoms with van der Waals surface area (Å²) in [6.07, 6.45) is 63.2. The van der Waals surface area contributed by atoms with E-state index in [-0.39, 0.29) is 52.3 Å². The van der Waals surface area contributed by atoms with Gasteiger partial charge in [-0.2, -0.15) is 0 Å². The fourth-order valence-corrected chi connectivity index (χ4v) is 8.65. The number of hydrogen-bond acceptors (Lipinski definition) is 10. The van der Waals surface area contributed by atoms with Crippen LogP contribution in [0.5, 0.6) is 0 Å². The van der Waals surface area contributed by atoms with Crippen LogP contribution in [0.4, 0.5) is 4.79 Å². The zero-order valence-electron chi connectivity index (χ0n) is 50.4. The normalized spacial score (nSPS) is 12.2. The number of nitrogens with zero attached hydrogens (tertiary/aromatic N) is 1. The maximum Gasteiger partial charge on any atom is 0.508 e. The number of hydrogen-bond donors (Lipinski definition) is 0. The second kappa shape index (κ2) is 58.2. The molecule has 0 radical (unpaired) electrons. The van der Waals surface area contributed by atoms with Crippen LogP contribution in [0.1, 0.15) is 272 Å². The number of esters is 3. The molecule has 0 amide bonds. The average Bonchev–Trinajstić information content (AvgIpc) is 3.43. The average molecular weight is 1080 g/mol. The summed E-state index contributed by atoms with van der Waals surface area (Å²) < 4.78 is 28.7. The Morgan fingerprint density at radius 2 is 0.610 bits per heavy atom. The second-order valence-corrected chi connectivity index (χ2v) is 21.2. The molecule has 0 fully saturated rings. The standard InChI is InChI=1S/C67H117NO9/c1-6-11-14-17-20-23-26-29-32-35-38-41-44-47-50-54-63(69)74-59-67(62-77-66(72)73-58-53-57-68(9-4)10-5,60-75-64(70)55-51-48-45-42-39-36-33-30-27-24-21-18-15-12-7-2)61-76-65(71)56-52-49-46-43-40-37-34-31-28-25-22-19-16-13-8-3/h20-25,29-34H,6-19,26-28,35-62H2,1-5H3/b23-20-,24-21-,25-22?,32-29-,33-30-,34-31?. The van der Waals surface area contributed by atoms with Gasteiger partial charge < -0.3 is 28.6 Å². The zero-order chi connectivity index (χ0) is 56.2. The first-order chi connectivity index (χ1) is 37.7. The molecule has 10 nitrogen and oxygen atoms in total. The van der Waals surface area contributed by atoms with Crippen LogP contribution < -0.4 is 0 Å². The molecule has 0 saturated carbocycles. The lowest BCUT2D eigenvalue weighted by Gasteiger charge is -2.31. The zero-order valence-corrected chi connectivity index (χ0v) is 50.4. The minimum absolute atomic E-state index is 0.177. The van der Waals surface area contributed by atoms with Crippen molar-refractivity contribution in [3.63, 3.8) is 0 Å². The van der Waals surface area contributed by atoms with Crippen molar-refractivity contribution >= 4 is 24.1 Å². The Kier molecular flexibility index (Phi) is 55.3. The molecule has 0 aliphatic heterocycles. The number of rotatable bonds is 56. The van der Waals surface area contributed by atoms with Crippen molar-refractivity contribution in [1.82, 2.24) is 4.90 Å². The topological polar surface area (TPSA) is 118 Å². The van der Waals surface area contributed by atoms with Gasteiger partial charge in [0.25, 0.3) is 0 Å². The molecule has 0 aliphatic rings. The van der Waals surface area contributed by atoms with E-state index in [1.165, 1.54) is 77.0 Å². The highest BCUT2D eigenvalue weighted by Crippen LogP contribution is 2.24. The van der Waals surface area contributed by atoms with E-state index in [1.54, 1.807) is 0 Å². The number of carbonyl (C=O) groups excluding carboxylic acids is 4. The summed E-state index contributed by atoms with van der Waals surface area (Å²) in [4.78, 5) is 55.0. The molecular formula is C67H117NO9. The van der Waals surface area contributed by atoms with Crippen molar-refractivity contribution in [3.8, 4) is 0 Å². The van der Waals surface area contributed by atoms with Crippen LogP contribution in [0.25, 0.3) is 0 Å². The molecule has 0 aromatic rings. The summed E-state index contributed by atoms with van der Waals surface area (Å²) >= 11 is 0. The van der Waals surface area contributed by atoms with Gasteiger partial charge >= 0.3 is 24.1 Å². The lowest BCUT2D eigenvalue weighted by Crippen LogP contribution is -2.44. The molecule has 0 aromatic carbocycles. The summed E-state index contributed by atoms with van der Waals surface area (Å²) in [6, 6.07) is 0. The Morgan fingerprint density at radius 1 is 0.325 bits per heavy atom. The second-order valence-electron chi connectivity index (χ2n) is 21.2. The number of allylic oxidation sites excluding steroid dienone is 12. The smallest absolute Gasteiger partial charge is 0.465 e. The highest BCUT2D eigenvalue weighted by atomic mass is 16.7. The van der Waals surface area contributed by atoms with Gasteiger partial charge in [-0.3, -0.25) is 14.4 Å². The molecule has 0 aromatic heterocycles. The molecule has 444 valence electrons. The van der Waals surface area contributed by atoms with Gasteiger partial charge in [0.15, 0.2) is 0 Å². The summed E-state index contributed by atoms with van der Waals surface area (Å²) in [5.41, 5.74) is -1.32. The van der Waals surface area contributed by atoms with Crippen molar-refractivity contribution in [2.45, 2.75) is 272 Å². The first-order valence-corrected chi connectivity index (χ1v) is 31.6. The lowest BCUT2D eigenvalue weighted by atomic mass is 9.92. The lowest BCUT2D eigenvalue weighted by molar-refractivity contribution is -0.166. The minimum Gasteiger partial charge on any atom is -0.465 e. The SMILES string of the molecule is CCCCCC=CCC=CCCCCCCCC(=O)OCC(COC(=O)CCCCCCC/C=C\C/C=C\CCCCC)(COC(=O)CCCCCCC/C=C\C/C=C\CCCCC)COC(=O)OCCCN(CC)CC. The fourth-order valence-electron chi connectivity index (χ4n) is 8.65. The molecule has 0 rings (SSSR count). The third-order valence-corrected chi connectivity index (χ3v) is 13.8. The van der Waals surface area contributed by atoms with Crippen molar-refractivity contribution < 1.29 is 42.9 Å². The van der Waals surface area contributed by atoms with Gasteiger partial charge in [-0.15, -0.1) is 0 Å². The van der Waals surface area contributed by atoms with E-state index in [0.717, 1.165) is 135 Å². The maximum absolute atomic E-state index is 13.3. The van der Waals surface area contributed by atoms with Crippen LogP contribution in [0.15, 0.2) is 72.9 Å². The van der Waals surface area contributed by atoms with Crippen LogP contribution in [0, 0.1) is 5.41 Å². The largest absolute Gasteiger partial charge is 0.508 e. The molecule has 0 unspecified atom stereocenters.